The second-order valence-electron chi connectivity index (χ2n) is 25.3. The first-order chi connectivity index (χ1) is 47.1. The zero-order chi connectivity index (χ0) is 74.8. The monoisotopic (exact) mass is 1420 g/mol. The summed E-state index contributed by atoms with van der Waals surface area (Å²) in [5.74, 6) is -14.0. The molecule has 33 nitrogen and oxygen atoms in total. The largest absolute Gasteiger partial charge is 0.508 e. The lowest BCUT2D eigenvalue weighted by molar-refractivity contribution is -0.138. The van der Waals surface area contributed by atoms with Gasteiger partial charge >= 0.3 is 5.97 Å². The van der Waals surface area contributed by atoms with Crippen LogP contribution in [-0.2, 0) is 87.6 Å². The van der Waals surface area contributed by atoms with Gasteiger partial charge in [0, 0.05) is 49.4 Å². The summed E-state index contributed by atoms with van der Waals surface area (Å²) in [5, 5.41) is 45.0. The summed E-state index contributed by atoms with van der Waals surface area (Å²) >= 11 is 0. The van der Waals surface area contributed by atoms with E-state index >= 15 is 0 Å². The van der Waals surface area contributed by atoms with Crippen molar-refractivity contribution in [3.05, 3.63) is 102 Å². The number of phenols is 1. The predicted octanol–water partition coefficient (Wildman–Crippen LogP) is -3.58. The number of rotatable bonds is 44. The van der Waals surface area contributed by atoms with Crippen molar-refractivity contribution >= 4 is 93.7 Å². The number of hydrogen-bond acceptors (Lipinski definition) is 17. The van der Waals surface area contributed by atoms with Crippen LogP contribution in [0.5, 0.6) is 5.75 Å². The minimum Gasteiger partial charge on any atom is -0.508 e. The molecule has 0 aromatic heterocycles. The fourth-order valence-corrected chi connectivity index (χ4v) is 10.8. The average Bonchev–Trinajstić information content (AvgIpc) is 0.850. The summed E-state index contributed by atoms with van der Waals surface area (Å²) in [6.07, 6.45) is 0.129. The van der Waals surface area contributed by atoms with Crippen molar-refractivity contribution in [2.75, 3.05) is 31.6 Å². The number of carbonyl (C=O) groups is 12. The van der Waals surface area contributed by atoms with Crippen LogP contribution in [0, 0.1) is 17.8 Å². The Hall–Kier alpha value is -10.2. The van der Waals surface area contributed by atoms with Crippen LogP contribution in [0.4, 0.5) is 0 Å². The standard InChI is InChI=1S/C66H100N18O15S/c1-36(2)28-43(67)55(89)78-47(30-39-16-10-8-11-17-39)59(93)77-45(21-15-27-74-66(71)72)57(91)84-54(38(5)6)64(98)82-49(32-41-22-24-42(85)25-23-41)61(95)83-51(35-100(7)99)63(97)81-50(33-52(68)86)62(96)80-48(31-40-18-12-9-13-19-40)60(94)79-46(29-37(3)4)58(92)76-44(20-14-26-73-65(69)70)56(90)75-34-53(87)88/h8-13,16-19,22-25,36-38,43-51,54,85H,14-15,20-21,26-35,67H2,1-7H3,(H2,68,86)(H,75,90)(H,76,92)(H,77,93)(H,78,89)(H,79,94)(H,80,96)(H,81,97)(H,82,98)(H,83,95)(H,84,91)(H,87,88)(H4,69,70,73)(H4,71,72,74)/t43-,44-,45-,46-,47-,48-,49-,50-,51-,54-,100?/m0/s1. The molecule has 0 heterocycles. The number of phenolic OH excluding ortho intramolecular Hbond substituents is 1. The molecule has 34 heteroatoms. The predicted molar refractivity (Wildman–Crippen MR) is 374 cm³/mol. The molecule has 0 fully saturated rings. The quantitative estimate of drug-likeness (QED) is 0.0148. The molecular weight excluding hydrogens is 1320 g/mol. The third-order valence-electron chi connectivity index (χ3n) is 15.1. The Morgan fingerprint density at radius 1 is 0.450 bits per heavy atom. The van der Waals surface area contributed by atoms with Crippen molar-refractivity contribution in [1.29, 1.82) is 0 Å². The molecule has 0 aliphatic carbocycles. The number of carboxylic acid groups (broad SMARTS) is 1. The molecule has 0 aliphatic heterocycles. The van der Waals surface area contributed by atoms with E-state index in [1.807, 2.05) is 13.8 Å². The van der Waals surface area contributed by atoms with Crippen LogP contribution in [0.3, 0.4) is 0 Å². The Morgan fingerprint density at radius 2 is 0.820 bits per heavy atom. The first kappa shape index (κ1) is 84.0. The molecule has 0 bridgehead atoms. The summed E-state index contributed by atoms with van der Waals surface area (Å²) in [7, 11) is -1.91. The van der Waals surface area contributed by atoms with Crippen molar-refractivity contribution in [2.45, 2.75) is 166 Å². The highest BCUT2D eigenvalue weighted by atomic mass is 32.2. The lowest BCUT2D eigenvalue weighted by Crippen LogP contribution is -2.62. The highest BCUT2D eigenvalue weighted by Crippen LogP contribution is 2.16. The second kappa shape index (κ2) is 43.2. The van der Waals surface area contributed by atoms with E-state index in [0.717, 1.165) is 0 Å². The number of hydrogen-bond donors (Lipinski definition) is 18. The lowest BCUT2D eigenvalue weighted by atomic mass is 9.99. The molecule has 3 aromatic carbocycles. The molecule has 3 aromatic rings. The van der Waals surface area contributed by atoms with Crippen LogP contribution in [0.25, 0.3) is 0 Å². The van der Waals surface area contributed by atoms with Crippen LogP contribution in [0.2, 0.25) is 0 Å². The van der Waals surface area contributed by atoms with E-state index in [9.17, 15) is 72.0 Å². The molecule has 11 amide bonds. The Kier molecular flexibility index (Phi) is 36.3. The summed E-state index contributed by atoms with van der Waals surface area (Å²) < 4.78 is 13.1. The first-order valence-electron chi connectivity index (χ1n) is 32.7. The Morgan fingerprint density at radius 3 is 1.25 bits per heavy atom. The van der Waals surface area contributed by atoms with Gasteiger partial charge in [0.05, 0.1) is 18.2 Å². The topological polar surface area (TPSA) is 564 Å². The normalized spacial score (nSPS) is 14.4. The summed E-state index contributed by atoms with van der Waals surface area (Å²) in [6, 6.07) is 7.85. The number of carbonyl (C=O) groups excluding carboxylic acids is 11. The average molecular weight is 1420 g/mol. The maximum absolute atomic E-state index is 14.7. The number of primary amides is 1. The van der Waals surface area contributed by atoms with E-state index in [2.05, 4.69) is 63.2 Å². The summed E-state index contributed by atoms with van der Waals surface area (Å²) in [4.78, 5) is 174. The van der Waals surface area contributed by atoms with E-state index in [-0.39, 0.29) is 94.0 Å². The molecule has 0 radical (unpaired) electrons. The molecule has 11 atom stereocenters. The Bertz CT molecular complexity index is 3320. The third kappa shape index (κ3) is 32.4. The molecule has 1 unspecified atom stereocenters. The maximum atomic E-state index is 14.7. The van der Waals surface area contributed by atoms with Gasteiger partial charge in [0.2, 0.25) is 65.0 Å². The molecular formula is C66H100N18O15S. The van der Waals surface area contributed by atoms with E-state index in [0.29, 0.717) is 23.1 Å². The highest BCUT2D eigenvalue weighted by Gasteiger charge is 2.38. The van der Waals surface area contributed by atoms with E-state index < -0.39 is 167 Å². The van der Waals surface area contributed by atoms with Crippen LogP contribution < -0.4 is 87.6 Å². The van der Waals surface area contributed by atoms with E-state index in [4.69, 9.17) is 34.4 Å². The van der Waals surface area contributed by atoms with Crippen LogP contribution in [0.15, 0.2) is 94.9 Å². The van der Waals surface area contributed by atoms with Crippen LogP contribution in [-0.4, -0.2) is 189 Å². The SMILES string of the molecule is CC(C)C[C@H](NC(=O)[C@H](Cc1ccccc1)NC(=O)[C@H](CC(N)=O)NC(=O)[C@H](CS(C)=O)NC(=O)[C@H](Cc1ccc(O)cc1)NC(=O)[C@@H](NC(=O)[C@H](CCCN=C(N)N)NC(=O)[C@H](Cc1ccccc1)NC(=O)[C@@H](N)CC(C)C)C(C)C)C(=O)N[C@@H](CCCN=C(N)N)C(=O)NCC(=O)O. The van der Waals surface area contributed by atoms with Crippen LogP contribution in [0.1, 0.15) is 103 Å². The maximum Gasteiger partial charge on any atom is 0.322 e. The van der Waals surface area contributed by atoms with E-state index in [1.54, 1.807) is 88.4 Å². The fraction of sp³-hybridized carbons (Fsp3) is 0.515. The van der Waals surface area contributed by atoms with Gasteiger partial charge in [0.25, 0.3) is 0 Å². The van der Waals surface area contributed by atoms with Crippen molar-refractivity contribution in [1.82, 2.24) is 53.2 Å². The van der Waals surface area contributed by atoms with Crippen molar-refractivity contribution < 1.29 is 72.0 Å². The molecule has 0 aliphatic rings. The molecule has 0 spiro atoms. The highest BCUT2D eigenvalue weighted by molar-refractivity contribution is 7.84. The number of carboxylic acids is 1. The number of benzene rings is 3. The molecule has 24 N–H and O–H groups in total. The molecule has 100 heavy (non-hydrogen) atoms. The summed E-state index contributed by atoms with van der Waals surface area (Å²) in [5.41, 5.74) is 35.4. The number of guanidine groups is 2. The molecule has 550 valence electrons. The number of amides is 11. The van der Waals surface area contributed by atoms with Crippen molar-refractivity contribution in [3.8, 4) is 5.75 Å². The molecule has 0 saturated heterocycles. The zero-order valence-electron chi connectivity index (χ0n) is 57.5. The Balaban J connectivity index is 2.01. The van der Waals surface area contributed by atoms with Gasteiger partial charge in [-0.1, -0.05) is 114 Å². The van der Waals surface area contributed by atoms with Crippen molar-refractivity contribution in [3.63, 3.8) is 0 Å². The number of nitrogens with two attached hydrogens (primary N) is 6. The Labute approximate surface area is 583 Å². The number of nitrogens with zero attached hydrogens (tertiary/aromatic N) is 2. The number of nitrogens with one attached hydrogen (secondary N) is 10. The van der Waals surface area contributed by atoms with E-state index in [1.165, 1.54) is 30.5 Å². The van der Waals surface area contributed by atoms with Gasteiger partial charge in [-0.2, -0.15) is 0 Å². The number of aromatic hydroxyl groups is 1. The van der Waals surface area contributed by atoms with Gasteiger partial charge in [-0.3, -0.25) is 71.7 Å². The third-order valence-corrected chi connectivity index (χ3v) is 15.9. The smallest absolute Gasteiger partial charge is 0.322 e. The van der Waals surface area contributed by atoms with Gasteiger partial charge in [0.15, 0.2) is 11.9 Å². The van der Waals surface area contributed by atoms with Crippen LogP contribution >= 0.6 is 0 Å². The van der Waals surface area contributed by atoms with Crippen molar-refractivity contribution in [2.24, 2.45) is 62.1 Å². The fourth-order valence-electron chi connectivity index (χ4n) is 10.1. The van der Waals surface area contributed by atoms with Gasteiger partial charge in [-0.25, -0.2) is 0 Å². The van der Waals surface area contributed by atoms with Gasteiger partial charge in [-0.05, 0) is 85.1 Å². The van der Waals surface area contributed by atoms with Gasteiger partial charge in [0.1, 0.15) is 66.7 Å². The second-order valence-corrected chi connectivity index (χ2v) is 26.7. The van der Waals surface area contributed by atoms with Gasteiger partial charge in [-0.15, -0.1) is 0 Å². The summed E-state index contributed by atoms with van der Waals surface area (Å²) in [6.45, 7) is 9.71. The molecule has 0 saturated carbocycles. The number of aliphatic carboxylic acids is 1. The zero-order valence-corrected chi connectivity index (χ0v) is 58.3. The number of aliphatic imine (C=N–C) groups is 2. The minimum absolute atomic E-state index is 0.00312. The lowest BCUT2D eigenvalue weighted by Gasteiger charge is -2.29. The molecule has 3 rings (SSSR count). The first-order valence-corrected chi connectivity index (χ1v) is 34.4. The minimum atomic E-state index is -1.91. The van der Waals surface area contributed by atoms with Gasteiger partial charge < -0.3 is 97.8 Å².